The number of nitrogens with one attached hydrogen (secondary N) is 2. The second-order valence-corrected chi connectivity index (χ2v) is 18.1. The van der Waals surface area contributed by atoms with Crippen LogP contribution in [0.3, 0.4) is 0 Å². The Hall–Kier alpha value is -4.10. The molecule has 0 aromatic heterocycles. The second-order valence-electron chi connectivity index (χ2n) is 18.1. The summed E-state index contributed by atoms with van der Waals surface area (Å²) < 4.78 is 25.1. The Labute approximate surface area is 337 Å². The summed E-state index contributed by atoms with van der Waals surface area (Å²) >= 11 is 0. The van der Waals surface area contributed by atoms with E-state index in [4.69, 9.17) is 18.8 Å². The zero-order valence-corrected chi connectivity index (χ0v) is 34.0. The number of hydrogen-bond acceptors (Lipinski definition) is 8. The summed E-state index contributed by atoms with van der Waals surface area (Å²) in [7, 11) is -0.624. The summed E-state index contributed by atoms with van der Waals surface area (Å²) in [5.41, 5.74) is 2.88. The van der Waals surface area contributed by atoms with Gasteiger partial charge in [-0.15, -0.1) is 0 Å². The van der Waals surface area contributed by atoms with Crippen LogP contribution >= 0.6 is 0 Å². The molecule has 2 bridgehead atoms. The fourth-order valence-electron chi connectivity index (χ4n) is 10.9. The van der Waals surface area contributed by atoms with Gasteiger partial charge in [-0.1, -0.05) is 94.6 Å². The summed E-state index contributed by atoms with van der Waals surface area (Å²) in [5, 5.41) is 6.13. The second kappa shape index (κ2) is 16.3. The van der Waals surface area contributed by atoms with Gasteiger partial charge >= 0.3 is 19.3 Å². The van der Waals surface area contributed by atoms with Gasteiger partial charge in [0.2, 0.25) is 11.8 Å². The number of ether oxygens (including phenoxy) is 2. The molecule has 13 heteroatoms. The van der Waals surface area contributed by atoms with Crippen molar-refractivity contribution in [1.82, 2.24) is 20.4 Å². The number of benzene rings is 2. The van der Waals surface area contributed by atoms with Crippen molar-refractivity contribution in [3.8, 4) is 0 Å². The van der Waals surface area contributed by atoms with E-state index in [-0.39, 0.29) is 48.8 Å². The van der Waals surface area contributed by atoms with Gasteiger partial charge in [0.1, 0.15) is 24.8 Å². The van der Waals surface area contributed by atoms with Crippen LogP contribution in [0.2, 0.25) is 0 Å². The molecule has 0 radical (unpaired) electrons. The van der Waals surface area contributed by atoms with Crippen molar-refractivity contribution in [1.29, 1.82) is 0 Å². The fourth-order valence-corrected chi connectivity index (χ4v) is 10.9. The molecule has 0 spiro atoms. The number of amides is 4. The third kappa shape index (κ3) is 7.90. The summed E-state index contributed by atoms with van der Waals surface area (Å²) in [6.07, 6.45) is 6.04. The number of carbonyl (C=O) groups excluding carboxylic acids is 4. The first kappa shape index (κ1) is 39.7. The minimum Gasteiger partial charge on any atom is -0.445 e. The number of alkyl carbamates (subject to hydrolysis) is 1. The molecule has 3 aliphatic heterocycles. The lowest BCUT2D eigenvalue weighted by molar-refractivity contribution is -0.199. The fraction of sp³-hybridized carbons (Fsp3) is 0.636. The third-order valence-electron chi connectivity index (χ3n) is 14.4. The van der Waals surface area contributed by atoms with E-state index in [1.54, 1.807) is 4.90 Å². The maximum absolute atomic E-state index is 14.8. The lowest BCUT2D eigenvalue weighted by Gasteiger charge is -2.64. The van der Waals surface area contributed by atoms with Crippen LogP contribution in [0, 0.1) is 23.2 Å². The maximum atomic E-state index is 14.8. The van der Waals surface area contributed by atoms with Crippen LogP contribution in [0.4, 0.5) is 9.59 Å². The minimum absolute atomic E-state index is 0.0303. The number of carbonyl (C=O) groups is 4. The van der Waals surface area contributed by atoms with Gasteiger partial charge in [0, 0.05) is 19.5 Å². The molecule has 2 aromatic rings. The number of fused-ring (bicyclic) bond motifs is 1. The minimum atomic E-state index is -0.939. The Balaban J connectivity index is 0.998. The molecule has 2 saturated heterocycles. The highest BCUT2D eigenvalue weighted by Gasteiger charge is 2.68. The highest BCUT2D eigenvalue weighted by Crippen LogP contribution is 2.65. The van der Waals surface area contributed by atoms with Gasteiger partial charge in [-0.05, 0) is 85.3 Å². The normalized spacial score (nSPS) is 30.0. The Bertz CT molecular complexity index is 1810. The zero-order chi connectivity index (χ0) is 39.9. The standard InChI is InChI=1S/C44H59BN4O8/c1-5-37(45-56-36-23-32-22-35(43(32,2)3)44(36,4)57-45)46-39(50)34-24-33(55-42(53)48-21-20-29-16-12-13-19-31(29)25-48)26-49(34)40(51)38(30-17-10-7-11-18-30)47-41(52)54-27-28-14-8-6-9-15-28/h6,8-9,12-16,19,30,32-38H,5,7,10-11,17-18,20-27H2,1-4H3,(H,46,50)(H,47,52)/t32-,33+,34-,35-,36+,37-,38-,44-/m0/s1. The lowest BCUT2D eigenvalue weighted by atomic mass is 9.43. The van der Waals surface area contributed by atoms with Gasteiger partial charge in [-0.3, -0.25) is 9.59 Å². The Morgan fingerprint density at radius 3 is 2.40 bits per heavy atom. The molecule has 4 saturated carbocycles. The predicted molar refractivity (Wildman–Crippen MR) is 213 cm³/mol. The molecule has 8 atom stereocenters. The highest BCUT2D eigenvalue weighted by molar-refractivity contribution is 6.47. The van der Waals surface area contributed by atoms with E-state index in [1.165, 1.54) is 10.5 Å². The Morgan fingerprint density at radius 1 is 0.930 bits per heavy atom. The van der Waals surface area contributed by atoms with Crippen LogP contribution < -0.4 is 10.6 Å². The van der Waals surface area contributed by atoms with Crippen LogP contribution in [0.15, 0.2) is 54.6 Å². The van der Waals surface area contributed by atoms with Crippen molar-refractivity contribution in [2.75, 3.05) is 13.1 Å². The molecule has 6 fully saturated rings. The van der Waals surface area contributed by atoms with Crippen molar-refractivity contribution >= 4 is 31.1 Å². The Kier molecular flexibility index (Phi) is 11.3. The molecule has 2 N–H and O–H groups in total. The first-order chi connectivity index (χ1) is 27.4. The summed E-state index contributed by atoms with van der Waals surface area (Å²) in [6, 6.07) is 15.6. The quantitative estimate of drug-likeness (QED) is 0.273. The number of rotatable bonds is 10. The van der Waals surface area contributed by atoms with Crippen molar-refractivity contribution < 1.29 is 38.0 Å². The van der Waals surface area contributed by atoms with E-state index in [0.717, 1.165) is 62.5 Å². The molecule has 306 valence electrons. The molecule has 4 amide bonds. The maximum Gasteiger partial charge on any atom is 0.481 e. The van der Waals surface area contributed by atoms with Gasteiger partial charge in [0.15, 0.2) is 0 Å². The smallest absolute Gasteiger partial charge is 0.445 e. The van der Waals surface area contributed by atoms with E-state index in [0.29, 0.717) is 31.3 Å². The molecule has 3 heterocycles. The van der Waals surface area contributed by atoms with E-state index in [1.807, 2.05) is 55.5 Å². The summed E-state index contributed by atoms with van der Waals surface area (Å²) in [4.78, 5) is 59.6. The molecular formula is C44H59BN4O8. The largest absolute Gasteiger partial charge is 0.481 e. The number of hydrogen-bond donors (Lipinski definition) is 2. The van der Waals surface area contributed by atoms with Crippen molar-refractivity contribution in [2.45, 2.75) is 141 Å². The van der Waals surface area contributed by atoms with E-state index in [9.17, 15) is 19.2 Å². The van der Waals surface area contributed by atoms with E-state index >= 15 is 0 Å². The third-order valence-corrected chi connectivity index (χ3v) is 14.4. The molecule has 2 aromatic carbocycles. The van der Waals surface area contributed by atoms with Crippen LogP contribution in [0.25, 0.3) is 0 Å². The topological polar surface area (TPSA) is 136 Å². The molecule has 4 aliphatic carbocycles. The average molecular weight is 783 g/mol. The van der Waals surface area contributed by atoms with Gasteiger partial charge in [-0.2, -0.15) is 0 Å². The van der Waals surface area contributed by atoms with Gasteiger partial charge in [0.05, 0.1) is 24.2 Å². The monoisotopic (exact) mass is 782 g/mol. The summed E-state index contributed by atoms with van der Waals surface area (Å²) in [6.45, 7) is 9.85. The molecular weight excluding hydrogens is 723 g/mol. The average Bonchev–Trinajstić information content (AvgIpc) is 3.82. The van der Waals surface area contributed by atoms with E-state index in [2.05, 4.69) is 37.5 Å². The van der Waals surface area contributed by atoms with Crippen molar-refractivity contribution in [2.24, 2.45) is 23.2 Å². The Morgan fingerprint density at radius 2 is 1.67 bits per heavy atom. The molecule has 57 heavy (non-hydrogen) atoms. The van der Waals surface area contributed by atoms with Gasteiger partial charge in [0.25, 0.3) is 0 Å². The predicted octanol–water partition coefficient (Wildman–Crippen LogP) is 6.19. The van der Waals surface area contributed by atoms with Crippen LogP contribution in [0.5, 0.6) is 0 Å². The zero-order valence-electron chi connectivity index (χ0n) is 34.0. The van der Waals surface area contributed by atoms with Crippen LogP contribution in [-0.2, 0) is 47.9 Å². The van der Waals surface area contributed by atoms with Crippen LogP contribution in [0.1, 0.15) is 102 Å². The molecule has 0 unspecified atom stereocenters. The first-order valence-corrected chi connectivity index (χ1v) is 21.4. The number of nitrogens with zero attached hydrogens (tertiary/aromatic N) is 2. The van der Waals surface area contributed by atoms with Crippen LogP contribution in [-0.4, -0.2) is 89.8 Å². The van der Waals surface area contributed by atoms with Crippen molar-refractivity contribution in [3.63, 3.8) is 0 Å². The SMILES string of the molecule is CC[C@H](NC(=O)[C@@H]1C[C@@H](OC(=O)N2CCc3ccccc3C2)CN1C(=O)[C@@H](NC(=O)OCc1ccccc1)C1CCCCC1)B1O[C@@H]2C[C@@H]3C[C@@H](C3(C)C)[C@]2(C)O1. The molecule has 12 nitrogen and oxygen atoms in total. The summed E-state index contributed by atoms with van der Waals surface area (Å²) in [5.74, 6) is -0.332. The van der Waals surface area contributed by atoms with Crippen molar-refractivity contribution in [3.05, 3.63) is 71.3 Å². The lowest BCUT2D eigenvalue weighted by Crippen LogP contribution is -2.65. The highest BCUT2D eigenvalue weighted by atomic mass is 16.7. The van der Waals surface area contributed by atoms with Gasteiger partial charge in [-0.25, -0.2) is 9.59 Å². The van der Waals surface area contributed by atoms with E-state index < -0.39 is 49.0 Å². The number of likely N-dealkylation sites (tertiary alicyclic amines) is 1. The van der Waals surface area contributed by atoms with Gasteiger partial charge < -0.3 is 39.2 Å². The first-order valence-electron chi connectivity index (χ1n) is 21.4. The molecule has 9 rings (SSSR count). The molecule has 7 aliphatic rings.